The van der Waals surface area contributed by atoms with Crippen LogP contribution in [0.25, 0.3) is 0 Å². The molecule has 0 aromatic rings. The van der Waals surface area contributed by atoms with Crippen LogP contribution in [0.15, 0.2) is 58.7 Å². The Morgan fingerprint density at radius 3 is 2.74 bits per heavy atom. The number of nitriles is 1. The van der Waals surface area contributed by atoms with Crippen LogP contribution < -0.4 is 10.7 Å². The Morgan fingerprint density at radius 2 is 2.15 bits per heavy atom. The SMILES string of the molecule is C=C(OC)/C(CN1C=C2C=CC(C#N)=C(NCC(=O)OC)C2N1)=C(\C)CC. The number of allylic oxidation sites excluding steroid dienone is 3. The lowest BCUT2D eigenvalue weighted by atomic mass is 9.96. The number of hydrogen-bond acceptors (Lipinski definition) is 7. The number of ether oxygens (including phenoxy) is 2. The first-order valence-corrected chi connectivity index (χ1v) is 8.74. The molecule has 1 heterocycles. The van der Waals surface area contributed by atoms with Crippen molar-refractivity contribution in [3.8, 4) is 6.07 Å². The fourth-order valence-electron chi connectivity index (χ4n) is 2.92. The van der Waals surface area contributed by atoms with Crippen molar-refractivity contribution in [2.75, 3.05) is 27.3 Å². The molecule has 2 N–H and O–H groups in total. The van der Waals surface area contributed by atoms with E-state index in [1.165, 1.54) is 12.7 Å². The summed E-state index contributed by atoms with van der Waals surface area (Å²) in [6.07, 6.45) is 6.53. The fourth-order valence-corrected chi connectivity index (χ4v) is 2.92. The summed E-state index contributed by atoms with van der Waals surface area (Å²) in [6.45, 7) is 8.71. The summed E-state index contributed by atoms with van der Waals surface area (Å²) < 4.78 is 10.0. The van der Waals surface area contributed by atoms with Crippen molar-refractivity contribution in [1.82, 2.24) is 15.8 Å². The van der Waals surface area contributed by atoms with Crippen LogP contribution in [0, 0.1) is 11.3 Å². The van der Waals surface area contributed by atoms with Crippen molar-refractivity contribution in [2.45, 2.75) is 26.3 Å². The van der Waals surface area contributed by atoms with Gasteiger partial charge in [0.15, 0.2) is 0 Å². The number of carbonyl (C=O) groups excluding carboxylic acids is 1. The topological polar surface area (TPSA) is 86.6 Å². The van der Waals surface area contributed by atoms with E-state index in [9.17, 15) is 10.1 Å². The monoisotopic (exact) mass is 370 g/mol. The van der Waals surface area contributed by atoms with Crippen LogP contribution in [-0.4, -0.2) is 44.3 Å². The number of rotatable bonds is 8. The van der Waals surface area contributed by atoms with Crippen molar-refractivity contribution in [2.24, 2.45) is 0 Å². The van der Waals surface area contributed by atoms with E-state index in [-0.39, 0.29) is 12.6 Å². The van der Waals surface area contributed by atoms with E-state index in [4.69, 9.17) is 4.74 Å². The van der Waals surface area contributed by atoms with E-state index in [1.54, 1.807) is 13.2 Å². The number of carbonyl (C=O) groups is 1. The van der Waals surface area contributed by atoms with Crippen molar-refractivity contribution in [3.63, 3.8) is 0 Å². The lowest BCUT2D eigenvalue weighted by molar-refractivity contribution is -0.139. The zero-order chi connectivity index (χ0) is 20.0. The average Bonchev–Trinajstić information content (AvgIpc) is 3.11. The Labute approximate surface area is 160 Å². The highest BCUT2D eigenvalue weighted by Gasteiger charge is 2.31. The average molecular weight is 370 g/mol. The maximum Gasteiger partial charge on any atom is 0.325 e. The minimum atomic E-state index is -0.394. The van der Waals surface area contributed by atoms with Crippen molar-refractivity contribution in [3.05, 3.63) is 58.7 Å². The predicted octanol–water partition coefficient (Wildman–Crippen LogP) is 2.06. The highest BCUT2D eigenvalue weighted by Crippen LogP contribution is 2.28. The molecule has 0 aromatic carbocycles. The molecule has 0 amide bonds. The molecule has 0 spiro atoms. The van der Waals surface area contributed by atoms with Gasteiger partial charge in [0.2, 0.25) is 0 Å². The molecule has 7 heteroatoms. The molecule has 2 rings (SSSR count). The number of esters is 1. The van der Waals surface area contributed by atoms with Crippen LogP contribution in [0.4, 0.5) is 0 Å². The van der Waals surface area contributed by atoms with Gasteiger partial charge in [0.05, 0.1) is 38.1 Å². The van der Waals surface area contributed by atoms with Crippen molar-refractivity contribution >= 4 is 5.97 Å². The summed E-state index contributed by atoms with van der Waals surface area (Å²) in [6, 6.07) is 1.94. The Hall–Kier alpha value is -2.98. The highest BCUT2D eigenvalue weighted by atomic mass is 16.5. The lowest BCUT2D eigenvalue weighted by Crippen LogP contribution is -2.43. The van der Waals surface area contributed by atoms with Crippen LogP contribution in [-0.2, 0) is 14.3 Å². The fraction of sp³-hybridized carbons (Fsp3) is 0.400. The van der Waals surface area contributed by atoms with Gasteiger partial charge >= 0.3 is 5.97 Å². The number of fused-ring (bicyclic) bond motifs is 1. The summed E-state index contributed by atoms with van der Waals surface area (Å²) >= 11 is 0. The summed E-state index contributed by atoms with van der Waals surface area (Å²) in [5.74, 6) is 0.243. The van der Waals surface area contributed by atoms with E-state index in [1.807, 2.05) is 17.3 Å². The van der Waals surface area contributed by atoms with Gasteiger partial charge in [0.25, 0.3) is 0 Å². The Morgan fingerprint density at radius 1 is 1.41 bits per heavy atom. The molecule has 1 unspecified atom stereocenters. The number of hydrazine groups is 1. The zero-order valence-electron chi connectivity index (χ0n) is 16.3. The Balaban J connectivity index is 2.21. The zero-order valence-corrected chi connectivity index (χ0v) is 16.3. The van der Waals surface area contributed by atoms with Crippen LogP contribution in [0.2, 0.25) is 0 Å². The normalized spacial score (nSPS) is 19.0. The first-order valence-electron chi connectivity index (χ1n) is 8.74. The molecule has 2 aliphatic rings. The van der Waals surface area contributed by atoms with Gasteiger partial charge in [-0.3, -0.25) is 4.79 Å². The van der Waals surface area contributed by atoms with Gasteiger partial charge in [-0.25, -0.2) is 5.43 Å². The summed E-state index contributed by atoms with van der Waals surface area (Å²) in [5, 5.41) is 14.4. The van der Waals surface area contributed by atoms with Crippen molar-refractivity contribution < 1.29 is 14.3 Å². The molecule has 0 fully saturated rings. The molecular weight excluding hydrogens is 344 g/mol. The molecule has 144 valence electrons. The Kier molecular flexibility index (Phi) is 6.85. The third kappa shape index (κ3) is 4.60. The predicted molar refractivity (Wildman–Crippen MR) is 103 cm³/mol. The maximum absolute atomic E-state index is 11.5. The maximum atomic E-state index is 11.5. The minimum absolute atomic E-state index is 0.00309. The first-order chi connectivity index (χ1) is 12.9. The smallest absolute Gasteiger partial charge is 0.325 e. The van der Waals surface area contributed by atoms with Crippen LogP contribution in [0.3, 0.4) is 0 Å². The van der Waals surface area contributed by atoms with E-state index in [0.29, 0.717) is 23.6 Å². The molecule has 0 saturated carbocycles. The van der Waals surface area contributed by atoms with Gasteiger partial charge in [0.1, 0.15) is 18.4 Å². The van der Waals surface area contributed by atoms with Crippen LogP contribution in [0.1, 0.15) is 20.3 Å². The molecule has 7 nitrogen and oxygen atoms in total. The standard InChI is InChI=1S/C20H26N4O3/c1-6-13(2)17(14(3)26-4)12-24-11-16-8-7-15(9-21)19(20(16)23-24)22-10-18(25)27-5/h7-8,11,20,22-23H,3,6,10,12H2,1-2,4-5H3/b17-13+. The molecule has 0 bridgehead atoms. The van der Waals surface area contributed by atoms with E-state index >= 15 is 0 Å². The largest absolute Gasteiger partial charge is 0.497 e. The Bertz CT molecular complexity index is 784. The van der Waals surface area contributed by atoms with Gasteiger partial charge in [0, 0.05) is 11.8 Å². The van der Waals surface area contributed by atoms with Gasteiger partial charge in [-0.15, -0.1) is 0 Å². The molecule has 0 saturated heterocycles. The summed E-state index contributed by atoms with van der Waals surface area (Å²) in [4.78, 5) is 11.5. The van der Waals surface area contributed by atoms with Crippen LogP contribution in [0.5, 0.6) is 0 Å². The third-order valence-corrected chi connectivity index (χ3v) is 4.68. The lowest BCUT2D eigenvalue weighted by Gasteiger charge is -2.26. The molecule has 27 heavy (non-hydrogen) atoms. The molecule has 1 aliphatic heterocycles. The molecular formula is C20H26N4O3. The minimum Gasteiger partial charge on any atom is -0.497 e. The second-order valence-corrected chi connectivity index (χ2v) is 6.26. The van der Waals surface area contributed by atoms with E-state index < -0.39 is 5.97 Å². The number of nitrogens with zero attached hydrogens (tertiary/aromatic N) is 2. The molecule has 0 radical (unpaired) electrons. The van der Waals surface area contributed by atoms with Gasteiger partial charge in [-0.2, -0.15) is 5.26 Å². The second-order valence-electron chi connectivity index (χ2n) is 6.26. The van der Waals surface area contributed by atoms with Gasteiger partial charge in [-0.05, 0) is 25.0 Å². The summed E-state index contributed by atoms with van der Waals surface area (Å²) in [7, 11) is 2.94. The molecule has 0 aromatic heterocycles. The van der Waals surface area contributed by atoms with Gasteiger partial charge in [-0.1, -0.05) is 25.2 Å². The number of nitrogens with one attached hydrogen (secondary N) is 2. The summed E-state index contributed by atoms with van der Waals surface area (Å²) in [5.41, 5.74) is 7.74. The van der Waals surface area contributed by atoms with Gasteiger partial charge < -0.3 is 19.8 Å². The van der Waals surface area contributed by atoms with Crippen LogP contribution >= 0.6 is 0 Å². The second kappa shape index (κ2) is 9.10. The van der Waals surface area contributed by atoms with E-state index in [2.05, 4.69) is 42.0 Å². The number of methoxy groups -OCH3 is 2. The number of hydrogen-bond donors (Lipinski definition) is 2. The quantitative estimate of drug-likeness (QED) is 0.384. The third-order valence-electron chi connectivity index (χ3n) is 4.68. The van der Waals surface area contributed by atoms with Crippen molar-refractivity contribution in [1.29, 1.82) is 5.26 Å². The highest BCUT2D eigenvalue weighted by molar-refractivity contribution is 5.72. The molecule has 1 aliphatic carbocycles. The molecule has 1 atom stereocenters. The first kappa shape index (κ1) is 20.3. The van der Waals surface area contributed by atoms with E-state index in [0.717, 1.165) is 17.6 Å².